The number of unbranched alkanes of at least 4 members (excludes halogenated alkanes) is 2. The Balaban J connectivity index is 1.94. The fourth-order valence-electron chi connectivity index (χ4n) is 4.69. The van der Waals surface area contributed by atoms with Crippen LogP contribution in [0.25, 0.3) is 5.57 Å². The van der Waals surface area contributed by atoms with Gasteiger partial charge in [0.2, 0.25) is 0 Å². The zero-order valence-electron chi connectivity index (χ0n) is 18.1. The van der Waals surface area contributed by atoms with Crippen LogP contribution in [-0.4, -0.2) is 35.7 Å². The van der Waals surface area contributed by atoms with Crippen molar-refractivity contribution in [3.63, 3.8) is 0 Å². The molecule has 0 saturated heterocycles. The van der Waals surface area contributed by atoms with Crippen LogP contribution < -0.4 is 4.74 Å². The molecule has 3 rings (SSSR count). The molecule has 0 saturated carbocycles. The lowest BCUT2D eigenvalue weighted by Gasteiger charge is -2.42. The average Bonchev–Trinajstić information content (AvgIpc) is 2.59. The minimum Gasteiger partial charge on any atom is -0.507 e. The molecule has 3 heteroatoms. The summed E-state index contributed by atoms with van der Waals surface area (Å²) in [5.41, 5.74) is 4.43. The molecule has 1 N–H and O–H groups in total. The van der Waals surface area contributed by atoms with Crippen molar-refractivity contribution >= 4 is 5.57 Å². The van der Waals surface area contributed by atoms with Crippen molar-refractivity contribution in [1.82, 2.24) is 4.90 Å². The van der Waals surface area contributed by atoms with Gasteiger partial charge in [0.05, 0.1) is 5.56 Å². The Bertz CT molecular complexity index is 719. The Labute approximate surface area is 165 Å². The summed E-state index contributed by atoms with van der Waals surface area (Å²) in [5, 5.41) is 10.9. The van der Waals surface area contributed by atoms with Gasteiger partial charge in [-0.15, -0.1) is 0 Å². The lowest BCUT2D eigenvalue weighted by molar-refractivity contribution is 0.132. The molecule has 0 radical (unpaired) electrons. The molecule has 2 aliphatic rings. The van der Waals surface area contributed by atoms with Gasteiger partial charge in [0.15, 0.2) is 0 Å². The maximum atomic E-state index is 10.9. The highest BCUT2D eigenvalue weighted by atomic mass is 16.5. The van der Waals surface area contributed by atoms with Crippen LogP contribution in [-0.2, 0) is 0 Å². The third-order valence-electron chi connectivity index (χ3n) is 6.68. The molecule has 2 aliphatic heterocycles. The largest absolute Gasteiger partial charge is 0.507 e. The number of aromatic hydroxyl groups is 1. The van der Waals surface area contributed by atoms with Crippen LogP contribution in [0.15, 0.2) is 17.7 Å². The quantitative estimate of drug-likeness (QED) is 0.625. The number of hydrogen-bond donors (Lipinski definition) is 1. The minimum atomic E-state index is -0.301. The first kappa shape index (κ1) is 20.3. The van der Waals surface area contributed by atoms with Gasteiger partial charge in [-0.05, 0) is 68.0 Å². The highest BCUT2D eigenvalue weighted by Crippen LogP contribution is 2.49. The highest BCUT2D eigenvalue weighted by Gasteiger charge is 2.38. The van der Waals surface area contributed by atoms with Crippen LogP contribution in [0.4, 0.5) is 0 Å². The van der Waals surface area contributed by atoms with Crippen molar-refractivity contribution in [1.29, 1.82) is 0 Å². The molecule has 1 aromatic rings. The molecule has 2 unspecified atom stereocenters. The molecule has 0 spiro atoms. The summed E-state index contributed by atoms with van der Waals surface area (Å²) in [6.07, 6.45) is 6.08. The van der Waals surface area contributed by atoms with Gasteiger partial charge in [0, 0.05) is 13.1 Å². The third-order valence-corrected chi connectivity index (χ3v) is 6.68. The number of hydrogen-bond acceptors (Lipinski definition) is 3. The van der Waals surface area contributed by atoms with E-state index >= 15 is 0 Å². The van der Waals surface area contributed by atoms with Crippen LogP contribution in [0, 0.1) is 5.92 Å². The summed E-state index contributed by atoms with van der Waals surface area (Å²) in [6, 6.07) is 4.18. The van der Waals surface area contributed by atoms with Crippen LogP contribution in [0.1, 0.15) is 83.8 Å². The van der Waals surface area contributed by atoms with Crippen molar-refractivity contribution < 1.29 is 9.84 Å². The first-order chi connectivity index (χ1) is 12.7. The van der Waals surface area contributed by atoms with Crippen LogP contribution >= 0.6 is 0 Å². The van der Waals surface area contributed by atoms with E-state index in [4.69, 9.17) is 4.74 Å². The molecule has 0 bridgehead atoms. The number of phenols is 1. The van der Waals surface area contributed by atoms with E-state index in [-0.39, 0.29) is 5.60 Å². The highest BCUT2D eigenvalue weighted by molar-refractivity contribution is 5.82. The number of nitrogens with zero attached hydrogens (tertiary/aromatic N) is 1. The van der Waals surface area contributed by atoms with Crippen LogP contribution in [0.2, 0.25) is 0 Å². The Morgan fingerprint density at radius 1 is 1.22 bits per heavy atom. The number of benzene rings is 1. The van der Waals surface area contributed by atoms with E-state index in [0.29, 0.717) is 17.6 Å². The van der Waals surface area contributed by atoms with Gasteiger partial charge in [-0.2, -0.15) is 0 Å². The number of ether oxygens (including phenoxy) is 1. The third kappa shape index (κ3) is 4.03. The molecule has 27 heavy (non-hydrogen) atoms. The fraction of sp³-hybridized carbons (Fsp3) is 0.667. The van der Waals surface area contributed by atoms with E-state index in [2.05, 4.69) is 52.6 Å². The molecular weight excluding hydrogens is 334 g/mol. The standard InChI is InChI=1S/C24H37NO2/c1-7-8-9-10-16(2)17(3)18-13-21(26)23-19-15-25(6)12-11-20(19)24(4,5)27-22(23)14-18/h13-14,16-17,26H,7-12,15H2,1-6H3. The predicted molar refractivity (Wildman–Crippen MR) is 114 cm³/mol. The van der Waals surface area contributed by atoms with Gasteiger partial charge in [-0.25, -0.2) is 0 Å². The second-order valence-electron chi connectivity index (χ2n) is 9.23. The average molecular weight is 372 g/mol. The summed E-state index contributed by atoms with van der Waals surface area (Å²) in [7, 11) is 2.15. The van der Waals surface area contributed by atoms with Crippen molar-refractivity contribution in [2.75, 3.05) is 20.1 Å². The van der Waals surface area contributed by atoms with E-state index in [1.165, 1.54) is 42.4 Å². The van der Waals surface area contributed by atoms with Gasteiger partial charge in [0.25, 0.3) is 0 Å². The number of fused-ring (bicyclic) bond motifs is 2. The van der Waals surface area contributed by atoms with E-state index in [1.54, 1.807) is 0 Å². The zero-order valence-corrected chi connectivity index (χ0v) is 18.1. The summed E-state index contributed by atoms with van der Waals surface area (Å²) in [5.74, 6) is 2.25. The summed E-state index contributed by atoms with van der Waals surface area (Å²) < 4.78 is 6.44. The topological polar surface area (TPSA) is 32.7 Å². The van der Waals surface area contributed by atoms with Gasteiger partial charge in [-0.1, -0.05) is 46.5 Å². The van der Waals surface area contributed by atoms with Gasteiger partial charge < -0.3 is 14.7 Å². The van der Waals surface area contributed by atoms with E-state index in [0.717, 1.165) is 30.8 Å². The van der Waals surface area contributed by atoms with Crippen LogP contribution in [0.3, 0.4) is 0 Å². The molecule has 150 valence electrons. The van der Waals surface area contributed by atoms with Crippen molar-refractivity contribution in [3.05, 3.63) is 28.8 Å². The van der Waals surface area contributed by atoms with Crippen molar-refractivity contribution in [2.24, 2.45) is 5.92 Å². The number of rotatable bonds is 6. The Kier molecular flexibility index (Phi) is 5.90. The van der Waals surface area contributed by atoms with Crippen molar-refractivity contribution in [3.8, 4) is 11.5 Å². The second-order valence-corrected chi connectivity index (χ2v) is 9.23. The SMILES string of the molecule is CCCCCC(C)C(C)c1cc(O)c2c(c1)OC(C)(C)C1=C2CN(C)CC1. The molecule has 2 heterocycles. The monoisotopic (exact) mass is 371 g/mol. The van der Waals surface area contributed by atoms with E-state index in [9.17, 15) is 5.11 Å². The predicted octanol–water partition coefficient (Wildman–Crippen LogP) is 5.97. The Morgan fingerprint density at radius 3 is 2.67 bits per heavy atom. The minimum absolute atomic E-state index is 0.301. The van der Waals surface area contributed by atoms with E-state index < -0.39 is 0 Å². The van der Waals surface area contributed by atoms with Gasteiger partial charge >= 0.3 is 0 Å². The molecule has 1 aromatic carbocycles. The second kappa shape index (κ2) is 7.87. The summed E-state index contributed by atoms with van der Waals surface area (Å²) in [4.78, 5) is 2.33. The first-order valence-corrected chi connectivity index (χ1v) is 10.7. The smallest absolute Gasteiger partial charge is 0.132 e. The summed E-state index contributed by atoms with van der Waals surface area (Å²) >= 11 is 0. The zero-order chi connectivity index (χ0) is 19.8. The lowest BCUT2D eigenvalue weighted by atomic mass is 9.79. The van der Waals surface area contributed by atoms with Crippen LogP contribution in [0.5, 0.6) is 11.5 Å². The normalized spacial score (nSPS) is 21.3. The molecule has 0 aliphatic carbocycles. The Hall–Kier alpha value is -1.48. The first-order valence-electron chi connectivity index (χ1n) is 10.7. The van der Waals surface area contributed by atoms with Gasteiger partial charge in [0.1, 0.15) is 17.1 Å². The maximum Gasteiger partial charge on any atom is 0.132 e. The lowest BCUT2D eigenvalue weighted by Crippen LogP contribution is -2.41. The molecular formula is C24H37NO2. The fourth-order valence-corrected chi connectivity index (χ4v) is 4.69. The molecule has 0 amide bonds. The maximum absolute atomic E-state index is 10.9. The molecule has 3 nitrogen and oxygen atoms in total. The molecule has 0 aromatic heterocycles. The molecule has 2 atom stereocenters. The Morgan fingerprint density at radius 2 is 1.96 bits per heavy atom. The van der Waals surface area contributed by atoms with E-state index in [1.807, 2.05) is 6.07 Å². The number of likely N-dealkylation sites (N-methyl/N-ethyl adjacent to an activating group) is 1. The molecule has 0 fully saturated rings. The van der Waals surface area contributed by atoms with Crippen molar-refractivity contribution in [2.45, 2.75) is 78.2 Å². The summed E-state index contributed by atoms with van der Waals surface area (Å²) in [6.45, 7) is 13.1. The number of phenolic OH excluding ortho intramolecular Hbond substituents is 1. The van der Waals surface area contributed by atoms with Gasteiger partial charge in [-0.3, -0.25) is 0 Å².